The van der Waals surface area contributed by atoms with E-state index < -0.39 is 0 Å². The Morgan fingerprint density at radius 2 is 2.03 bits per heavy atom. The number of methoxy groups -OCH3 is 1. The van der Waals surface area contributed by atoms with Crippen molar-refractivity contribution in [3.63, 3.8) is 0 Å². The van der Waals surface area contributed by atoms with Gasteiger partial charge in [-0.3, -0.25) is 0 Å². The predicted octanol–water partition coefficient (Wildman–Crippen LogP) is 3.34. The molecule has 7 heteroatoms. The zero-order chi connectivity index (χ0) is 20.4. The number of nitrogens with one attached hydrogen (secondary N) is 1. The smallest absolute Gasteiger partial charge is 0.222 e. The summed E-state index contributed by atoms with van der Waals surface area (Å²) in [6, 6.07) is 5.92. The molecule has 2 aromatic rings. The summed E-state index contributed by atoms with van der Waals surface area (Å²) >= 11 is 0. The van der Waals surface area contributed by atoms with Crippen LogP contribution in [0.25, 0.3) is 11.1 Å². The van der Waals surface area contributed by atoms with Crippen molar-refractivity contribution in [2.24, 2.45) is 5.41 Å². The molecule has 3 N–H and O–H groups in total. The number of nitrogen functional groups attached to an aromatic ring is 1. The van der Waals surface area contributed by atoms with Crippen molar-refractivity contribution in [3.8, 4) is 22.6 Å². The molecule has 2 fully saturated rings. The number of hydrogen-bond acceptors (Lipinski definition) is 7. The normalized spacial score (nSPS) is 17.5. The van der Waals surface area contributed by atoms with E-state index >= 15 is 0 Å². The first-order chi connectivity index (χ1) is 14.0. The second kappa shape index (κ2) is 8.06. The average Bonchev–Trinajstić information content (AvgIpc) is 3.35. The van der Waals surface area contributed by atoms with Gasteiger partial charge in [0.15, 0.2) is 11.5 Å². The number of rotatable bonds is 8. The van der Waals surface area contributed by atoms with Crippen LogP contribution in [0.1, 0.15) is 31.4 Å². The van der Waals surface area contributed by atoms with E-state index in [1.165, 1.54) is 32.4 Å². The molecule has 1 aliphatic heterocycles. The third-order valence-corrected chi connectivity index (χ3v) is 6.15. The first kappa shape index (κ1) is 19.8. The van der Waals surface area contributed by atoms with Crippen molar-refractivity contribution in [3.05, 3.63) is 23.9 Å². The fourth-order valence-electron chi connectivity index (χ4n) is 4.34. The van der Waals surface area contributed by atoms with Crippen molar-refractivity contribution in [2.45, 2.75) is 32.6 Å². The minimum atomic E-state index is 0.260. The van der Waals surface area contributed by atoms with Gasteiger partial charge in [0.2, 0.25) is 5.95 Å². The molecule has 2 aliphatic rings. The molecule has 0 bridgehead atoms. The molecule has 4 rings (SSSR count). The van der Waals surface area contributed by atoms with E-state index in [0.29, 0.717) is 17.8 Å². The first-order valence-corrected chi connectivity index (χ1v) is 10.4. The maximum absolute atomic E-state index is 6.12. The number of anilines is 2. The molecule has 0 unspecified atom stereocenters. The van der Waals surface area contributed by atoms with Crippen LogP contribution in [0.3, 0.4) is 0 Å². The van der Waals surface area contributed by atoms with E-state index in [-0.39, 0.29) is 5.95 Å². The largest absolute Gasteiger partial charge is 0.493 e. The summed E-state index contributed by atoms with van der Waals surface area (Å²) in [6.07, 6.45) is 5.23. The lowest BCUT2D eigenvalue weighted by atomic mass is 10.0. The van der Waals surface area contributed by atoms with Gasteiger partial charge in [-0.15, -0.1) is 0 Å². The van der Waals surface area contributed by atoms with E-state index in [2.05, 4.69) is 20.2 Å². The number of aryl methyl sites for hydroxylation is 1. The SMILES string of the molecule is CNc1nc(N)nc(C)c1-c1ccc(OC)c(OCCCN2CCC3(CC3)C2)c1. The molecular weight excluding hydrogens is 366 g/mol. The Morgan fingerprint density at radius 1 is 1.21 bits per heavy atom. The Morgan fingerprint density at radius 3 is 2.72 bits per heavy atom. The second-order valence-corrected chi connectivity index (χ2v) is 8.23. The number of aromatic nitrogens is 2. The molecule has 1 saturated heterocycles. The van der Waals surface area contributed by atoms with Gasteiger partial charge in [-0.05, 0) is 62.3 Å². The van der Waals surface area contributed by atoms with Gasteiger partial charge in [-0.25, -0.2) is 4.98 Å². The fraction of sp³-hybridized carbons (Fsp3) is 0.545. The lowest BCUT2D eigenvalue weighted by Crippen LogP contribution is -2.23. The van der Waals surface area contributed by atoms with Gasteiger partial charge in [-0.2, -0.15) is 4.98 Å². The molecule has 1 aliphatic carbocycles. The standard InChI is InChI=1S/C22H31N5O2/c1-15-19(20(24-2)26-21(23)25-15)16-5-6-17(28-3)18(13-16)29-12-4-10-27-11-9-22(14-27)7-8-22/h5-6,13H,4,7-12,14H2,1-3H3,(H3,23,24,25,26). The Hall–Kier alpha value is -2.54. The number of ether oxygens (including phenoxy) is 2. The first-order valence-electron chi connectivity index (χ1n) is 10.4. The Bertz CT molecular complexity index is 882. The zero-order valence-electron chi connectivity index (χ0n) is 17.6. The highest BCUT2D eigenvalue weighted by atomic mass is 16.5. The molecule has 29 heavy (non-hydrogen) atoms. The van der Waals surface area contributed by atoms with Crippen LogP contribution in [0, 0.1) is 12.3 Å². The summed E-state index contributed by atoms with van der Waals surface area (Å²) in [5, 5.41) is 3.11. The molecule has 1 aromatic carbocycles. The Kier molecular flexibility index (Phi) is 5.50. The summed E-state index contributed by atoms with van der Waals surface area (Å²) in [5.41, 5.74) is 9.19. The zero-order valence-corrected chi connectivity index (χ0v) is 17.6. The minimum Gasteiger partial charge on any atom is -0.493 e. The molecule has 7 nitrogen and oxygen atoms in total. The highest BCUT2D eigenvalue weighted by molar-refractivity contribution is 5.79. The van der Waals surface area contributed by atoms with Gasteiger partial charge in [0.25, 0.3) is 0 Å². The van der Waals surface area contributed by atoms with Crippen LogP contribution in [-0.2, 0) is 0 Å². The van der Waals surface area contributed by atoms with Crippen LogP contribution >= 0.6 is 0 Å². The number of likely N-dealkylation sites (tertiary alicyclic amines) is 1. The van der Waals surface area contributed by atoms with Crippen LogP contribution < -0.4 is 20.5 Å². The maximum Gasteiger partial charge on any atom is 0.222 e. The lowest BCUT2D eigenvalue weighted by Gasteiger charge is -2.17. The maximum atomic E-state index is 6.12. The van der Waals surface area contributed by atoms with Gasteiger partial charge in [-0.1, -0.05) is 6.07 Å². The lowest BCUT2D eigenvalue weighted by molar-refractivity contribution is 0.249. The molecule has 1 spiro atoms. The molecule has 0 radical (unpaired) electrons. The molecule has 156 valence electrons. The van der Waals surface area contributed by atoms with Crippen molar-refractivity contribution in [1.29, 1.82) is 0 Å². The van der Waals surface area contributed by atoms with Gasteiger partial charge in [0.1, 0.15) is 5.82 Å². The van der Waals surface area contributed by atoms with E-state index in [9.17, 15) is 0 Å². The summed E-state index contributed by atoms with van der Waals surface area (Å²) in [4.78, 5) is 11.2. The van der Waals surface area contributed by atoms with E-state index in [1.54, 1.807) is 7.11 Å². The molecule has 0 atom stereocenters. The van der Waals surface area contributed by atoms with E-state index in [1.807, 2.05) is 32.2 Å². The Balaban J connectivity index is 1.44. The van der Waals surface area contributed by atoms with Crippen molar-refractivity contribution < 1.29 is 9.47 Å². The second-order valence-electron chi connectivity index (χ2n) is 8.23. The molecule has 0 amide bonds. The molecular formula is C22H31N5O2. The van der Waals surface area contributed by atoms with Gasteiger partial charge in [0.05, 0.1) is 19.4 Å². The summed E-state index contributed by atoms with van der Waals surface area (Å²) in [5.74, 6) is 2.43. The van der Waals surface area contributed by atoms with Crippen LogP contribution in [0.15, 0.2) is 18.2 Å². The highest BCUT2D eigenvalue weighted by Crippen LogP contribution is 2.52. The van der Waals surface area contributed by atoms with Crippen LogP contribution in [0.5, 0.6) is 11.5 Å². The van der Waals surface area contributed by atoms with Crippen LogP contribution in [0.4, 0.5) is 11.8 Å². The average molecular weight is 398 g/mol. The van der Waals surface area contributed by atoms with Crippen molar-refractivity contribution in [1.82, 2.24) is 14.9 Å². The number of nitrogens with two attached hydrogens (primary N) is 1. The molecule has 2 heterocycles. The molecule has 1 saturated carbocycles. The number of hydrogen-bond donors (Lipinski definition) is 2. The highest BCUT2D eigenvalue weighted by Gasteiger charge is 2.47. The monoisotopic (exact) mass is 397 g/mol. The van der Waals surface area contributed by atoms with Crippen LogP contribution in [-0.4, -0.2) is 55.3 Å². The van der Waals surface area contributed by atoms with Gasteiger partial charge >= 0.3 is 0 Å². The third-order valence-electron chi connectivity index (χ3n) is 6.15. The number of benzene rings is 1. The summed E-state index contributed by atoms with van der Waals surface area (Å²) in [6.45, 7) is 6.21. The van der Waals surface area contributed by atoms with Crippen molar-refractivity contribution >= 4 is 11.8 Å². The summed E-state index contributed by atoms with van der Waals surface area (Å²) in [7, 11) is 3.49. The van der Waals surface area contributed by atoms with Crippen molar-refractivity contribution in [2.75, 3.05) is 51.4 Å². The predicted molar refractivity (Wildman–Crippen MR) is 116 cm³/mol. The quantitative estimate of drug-likeness (QED) is 0.661. The fourth-order valence-corrected chi connectivity index (χ4v) is 4.34. The topological polar surface area (TPSA) is 85.5 Å². The Labute approximate surface area is 172 Å². The molecule has 1 aromatic heterocycles. The van der Waals surface area contributed by atoms with E-state index in [4.69, 9.17) is 15.2 Å². The third kappa shape index (κ3) is 4.24. The van der Waals surface area contributed by atoms with Crippen LogP contribution in [0.2, 0.25) is 0 Å². The number of nitrogens with zero attached hydrogens (tertiary/aromatic N) is 3. The summed E-state index contributed by atoms with van der Waals surface area (Å²) < 4.78 is 11.6. The van der Waals surface area contributed by atoms with Gasteiger partial charge < -0.3 is 25.4 Å². The van der Waals surface area contributed by atoms with Gasteiger partial charge in [0, 0.05) is 25.7 Å². The van der Waals surface area contributed by atoms with E-state index in [0.717, 1.165) is 41.3 Å². The minimum absolute atomic E-state index is 0.260.